The summed E-state index contributed by atoms with van der Waals surface area (Å²) in [5, 5.41) is 6.00. The summed E-state index contributed by atoms with van der Waals surface area (Å²) in [6, 6.07) is 6.91. The second-order valence-corrected chi connectivity index (χ2v) is 9.03. The molecule has 0 bridgehead atoms. The third-order valence-electron chi connectivity index (χ3n) is 6.08. The first-order valence-corrected chi connectivity index (χ1v) is 11.8. The lowest BCUT2D eigenvalue weighted by molar-refractivity contribution is -0.137. The Bertz CT molecular complexity index is 1870. The predicted molar refractivity (Wildman–Crippen MR) is 135 cm³/mol. The molecule has 1 amide bonds. The van der Waals surface area contributed by atoms with E-state index in [0.29, 0.717) is 22.7 Å². The minimum absolute atomic E-state index is 0.00152. The second kappa shape index (κ2) is 9.91. The topological polar surface area (TPSA) is 143 Å². The Balaban J connectivity index is 1.49. The lowest BCUT2D eigenvalue weighted by atomic mass is 10.1. The molecule has 5 aromatic heterocycles. The quantitative estimate of drug-likeness (QED) is 0.338. The van der Waals surface area contributed by atoms with E-state index in [2.05, 4.69) is 25.4 Å². The van der Waals surface area contributed by atoms with Crippen LogP contribution in [0.2, 0.25) is 0 Å². The normalized spacial score (nSPS) is 11.8. The number of imidazole rings is 1. The zero-order chi connectivity index (χ0) is 28.8. The van der Waals surface area contributed by atoms with Gasteiger partial charge in [-0.3, -0.25) is 23.7 Å². The van der Waals surface area contributed by atoms with Crippen molar-refractivity contribution >= 4 is 22.9 Å². The number of aryl methyl sites for hydroxylation is 3. The monoisotopic (exact) mass is 554 g/mol. The molecule has 206 valence electrons. The maximum Gasteiger partial charge on any atom is 0.419 e. The number of fused-ring (bicyclic) bond motifs is 1. The number of hydrogen-bond acceptors (Lipinski definition) is 8. The number of halogens is 3. The van der Waals surface area contributed by atoms with Gasteiger partial charge >= 0.3 is 11.9 Å². The van der Waals surface area contributed by atoms with E-state index in [9.17, 15) is 27.6 Å². The lowest BCUT2D eigenvalue weighted by Crippen LogP contribution is -2.40. The van der Waals surface area contributed by atoms with Gasteiger partial charge in [-0.25, -0.2) is 14.8 Å². The first kappa shape index (κ1) is 26.5. The molecule has 0 atom stereocenters. The Morgan fingerprint density at radius 1 is 1.10 bits per heavy atom. The molecule has 0 radical (unpaired) electrons. The number of aromatic nitrogens is 7. The zero-order valence-electron chi connectivity index (χ0n) is 21.4. The molecular formula is C25H21F3N8O4. The number of hydrogen-bond donors (Lipinski definition) is 1. The van der Waals surface area contributed by atoms with E-state index in [1.54, 1.807) is 32.0 Å². The van der Waals surface area contributed by atoms with Crippen LogP contribution < -0.4 is 16.6 Å². The maximum atomic E-state index is 13.7. The van der Waals surface area contributed by atoms with Gasteiger partial charge in [-0.05, 0) is 38.1 Å². The van der Waals surface area contributed by atoms with Crippen molar-refractivity contribution in [2.75, 3.05) is 5.32 Å². The summed E-state index contributed by atoms with van der Waals surface area (Å²) in [7, 11) is 1.40. The van der Waals surface area contributed by atoms with Gasteiger partial charge in [0, 0.05) is 30.6 Å². The van der Waals surface area contributed by atoms with Crippen molar-refractivity contribution in [1.82, 2.24) is 33.8 Å². The molecule has 12 nitrogen and oxygen atoms in total. The van der Waals surface area contributed by atoms with E-state index in [0.717, 1.165) is 26.1 Å². The van der Waals surface area contributed by atoms with Crippen molar-refractivity contribution in [3.05, 3.63) is 86.4 Å². The van der Waals surface area contributed by atoms with Crippen LogP contribution in [0.5, 0.6) is 0 Å². The predicted octanol–water partition coefficient (Wildman–Crippen LogP) is 2.66. The van der Waals surface area contributed by atoms with Gasteiger partial charge < -0.3 is 14.4 Å². The summed E-state index contributed by atoms with van der Waals surface area (Å²) in [4.78, 5) is 51.3. The Morgan fingerprint density at radius 2 is 1.88 bits per heavy atom. The SMILES string of the molecule is Cc1ccc(-c2ccc(C(F)(F)F)c(NC(=O)Cn3cnc4c3c(=O)n(Cc3cc(C)on3)c(=O)n4C)n2)cn1. The van der Waals surface area contributed by atoms with Crippen molar-refractivity contribution in [3.8, 4) is 11.3 Å². The van der Waals surface area contributed by atoms with E-state index in [1.807, 2.05) is 0 Å². The van der Waals surface area contributed by atoms with Crippen LogP contribution in [-0.2, 0) is 31.1 Å². The number of carbonyl (C=O) groups is 1. The van der Waals surface area contributed by atoms with Crippen LogP contribution >= 0.6 is 0 Å². The smallest absolute Gasteiger partial charge is 0.361 e. The molecule has 0 saturated carbocycles. The molecule has 5 aromatic rings. The van der Waals surface area contributed by atoms with Gasteiger partial charge in [0.2, 0.25) is 5.91 Å². The van der Waals surface area contributed by atoms with E-state index >= 15 is 0 Å². The molecule has 0 aliphatic carbocycles. The number of carbonyl (C=O) groups excluding carboxylic acids is 1. The molecule has 1 N–H and O–H groups in total. The first-order chi connectivity index (χ1) is 18.9. The van der Waals surface area contributed by atoms with Gasteiger partial charge in [0.15, 0.2) is 11.2 Å². The van der Waals surface area contributed by atoms with E-state index < -0.39 is 41.3 Å². The highest BCUT2D eigenvalue weighted by Gasteiger charge is 2.35. The Labute approximate surface area is 222 Å². The van der Waals surface area contributed by atoms with Crippen molar-refractivity contribution in [3.63, 3.8) is 0 Å². The van der Waals surface area contributed by atoms with Gasteiger partial charge in [0.1, 0.15) is 23.8 Å². The van der Waals surface area contributed by atoms with Gasteiger partial charge in [-0.15, -0.1) is 0 Å². The Kier molecular flexibility index (Phi) is 6.57. The summed E-state index contributed by atoms with van der Waals surface area (Å²) >= 11 is 0. The molecule has 0 unspecified atom stereocenters. The van der Waals surface area contributed by atoms with Gasteiger partial charge in [-0.2, -0.15) is 13.2 Å². The molecule has 0 spiro atoms. The summed E-state index contributed by atoms with van der Waals surface area (Å²) in [5.74, 6) is -1.12. The van der Waals surface area contributed by atoms with Crippen molar-refractivity contribution in [1.29, 1.82) is 0 Å². The minimum Gasteiger partial charge on any atom is -0.361 e. The Hall–Kier alpha value is -5.08. The summed E-state index contributed by atoms with van der Waals surface area (Å²) in [6.07, 6.45) is -2.18. The van der Waals surface area contributed by atoms with Crippen LogP contribution in [0.25, 0.3) is 22.4 Å². The second-order valence-electron chi connectivity index (χ2n) is 9.03. The maximum absolute atomic E-state index is 13.7. The number of alkyl halides is 3. The minimum atomic E-state index is -4.80. The first-order valence-electron chi connectivity index (χ1n) is 11.8. The van der Waals surface area contributed by atoms with Crippen LogP contribution in [0.1, 0.15) is 22.7 Å². The molecule has 40 heavy (non-hydrogen) atoms. The fourth-order valence-corrected chi connectivity index (χ4v) is 4.13. The van der Waals surface area contributed by atoms with Gasteiger partial charge in [0.25, 0.3) is 5.56 Å². The largest absolute Gasteiger partial charge is 0.419 e. The van der Waals surface area contributed by atoms with E-state index in [4.69, 9.17) is 4.52 Å². The highest BCUT2D eigenvalue weighted by Crippen LogP contribution is 2.35. The molecular weight excluding hydrogens is 533 g/mol. The average Bonchev–Trinajstić information content (AvgIpc) is 3.51. The summed E-state index contributed by atoms with van der Waals surface area (Å²) in [6.45, 7) is 2.63. The molecule has 0 aliphatic rings. The van der Waals surface area contributed by atoms with Crippen LogP contribution in [0.4, 0.5) is 19.0 Å². The Morgan fingerprint density at radius 3 is 2.52 bits per heavy atom. The van der Waals surface area contributed by atoms with Crippen molar-refractivity contribution in [2.45, 2.75) is 33.1 Å². The fraction of sp³-hybridized carbons (Fsp3) is 0.240. The summed E-state index contributed by atoms with van der Waals surface area (Å²) < 4.78 is 49.3. The number of rotatable bonds is 6. The standard InChI is InChI=1S/C25H21F3N8O4/c1-13-4-5-15(9-29-13)18-7-6-17(25(26,27)28)21(31-18)32-19(37)11-35-12-30-22-20(35)23(38)36(24(39)34(22)3)10-16-8-14(2)40-33-16/h4-9,12H,10-11H2,1-3H3,(H,31,32,37). The van der Waals surface area contributed by atoms with E-state index in [-0.39, 0.29) is 23.4 Å². The highest BCUT2D eigenvalue weighted by atomic mass is 19.4. The third-order valence-corrected chi connectivity index (χ3v) is 6.08. The van der Waals surface area contributed by atoms with Crippen LogP contribution in [0.15, 0.2) is 57.0 Å². The molecule has 0 fully saturated rings. The molecule has 5 rings (SSSR count). The molecule has 5 heterocycles. The average molecular weight is 554 g/mol. The molecule has 0 aromatic carbocycles. The van der Waals surface area contributed by atoms with Crippen molar-refractivity contribution < 1.29 is 22.5 Å². The van der Waals surface area contributed by atoms with Gasteiger partial charge in [-0.1, -0.05) is 5.16 Å². The van der Waals surface area contributed by atoms with Crippen LogP contribution in [-0.4, -0.2) is 39.7 Å². The third kappa shape index (κ3) is 5.00. The van der Waals surface area contributed by atoms with Gasteiger partial charge in [0.05, 0.1) is 24.1 Å². The number of anilines is 1. The van der Waals surface area contributed by atoms with Crippen LogP contribution in [0, 0.1) is 13.8 Å². The number of nitrogens with one attached hydrogen (secondary N) is 1. The molecule has 0 aliphatic heterocycles. The molecule has 0 saturated heterocycles. The van der Waals surface area contributed by atoms with E-state index in [1.165, 1.54) is 19.3 Å². The fourth-order valence-electron chi connectivity index (χ4n) is 4.13. The number of nitrogens with zero attached hydrogens (tertiary/aromatic N) is 7. The van der Waals surface area contributed by atoms with Crippen LogP contribution in [0.3, 0.4) is 0 Å². The highest BCUT2D eigenvalue weighted by molar-refractivity contribution is 5.91. The number of pyridine rings is 2. The van der Waals surface area contributed by atoms with Crippen molar-refractivity contribution in [2.24, 2.45) is 7.05 Å². The molecule has 15 heteroatoms. The lowest BCUT2D eigenvalue weighted by Gasteiger charge is -2.15. The number of amides is 1. The zero-order valence-corrected chi connectivity index (χ0v) is 21.4. The summed E-state index contributed by atoms with van der Waals surface area (Å²) in [5.41, 5.74) is -1.00.